The van der Waals surface area contributed by atoms with Gasteiger partial charge in [0.25, 0.3) is 0 Å². The number of para-hydroxylation sites is 1. The number of hydrogen-bond donors (Lipinski definition) is 0. The summed E-state index contributed by atoms with van der Waals surface area (Å²) in [4.78, 5) is 6.06. The number of benzene rings is 3. The molecule has 3 aromatic rings. The second-order valence-corrected chi connectivity index (χ2v) is 5.17. The first-order chi connectivity index (χ1) is 10.9. The maximum absolute atomic E-state index is 6.06. The van der Waals surface area contributed by atoms with Crippen molar-refractivity contribution in [3.05, 3.63) is 102 Å². The predicted molar refractivity (Wildman–Crippen MR) is 96.4 cm³/mol. The molecule has 0 aliphatic rings. The van der Waals surface area contributed by atoms with Gasteiger partial charge in [0.15, 0.2) is 0 Å². The minimum absolute atomic E-state index is 0. The molecule has 0 heterocycles. The molecule has 3 rings (SSSR count). The summed E-state index contributed by atoms with van der Waals surface area (Å²) < 4.78 is 0. The molecular formula is C20H20ClNO. The van der Waals surface area contributed by atoms with Gasteiger partial charge in [-0.25, -0.2) is 0 Å². The highest BCUT2D eigenvalue weighted by molar-refractivity contribution is 5.85. The van der Waals surface area contributed by atoms with Crippen molar-refractivity contribution in [2.75, 3.05) is 0 Å². The highest BCUT2D eigenvalue weighted by atomic mass is 35.5. The van der Waals surface area contributed by atoms with Gasteiger partial charge >= 0.3 is 0 Å². The maximum Gasteiger partial charge on any atom is 0.147 e. The van der Waals surface area contributed by atoms with Gasteiger partial charge in [0.1, 0.15) is 5.75 Å². The second-order valence-electron chi connectivity index (χ2n) is 5.17. The van der Waals surface area contributed by atoms with E-state index in [1.54, 1.807) is 0 Å². The lowest BCUT2D eigenvalue weighted by molar-refractivity contribution is -0.0757. The minimum Gasteiger partial charge on any atom is -0.405 e. The highest BCUT2D eigenvalue weighted by Crippen LogP contribution is 2.15. The minimum atomic E-state index is 0. The van der Waals surface area contributed by atoms with Gasteiger partial charge in [-0.2, -0.15) is 0 Å². The fraction of sp³-hybridized carbons (Fsp3) is 0.100. The Labute approximate surface area is 143 Å². The van der Waals surface area contributed by atoms with Crippen LogP contribution in [0.2, 0.25) is 0 Å². The molecule has 0 radical (unpaired) electrons. The van der Waals surface area contributed by atoms with Crippen LogP contribution in [-0.4, -0.2) is 5.06 Å². The molecule has 0 aliphatic carbocycles. The van der Waals surface area contributed by atoms with Gasteiger partial charge in [0, 0.05) is 0 Å². The maximum atomic E-state index is 6.06. The van der Waals surface area contributed by atoms with Crippen LogP contribution in [0, 0.1) is 0 Å². The first-order valence-electron chi connectivity index (χ1n) is 7.46. The number of hydroxylamine groups is 2. The van der Waals surface area contributed by atoms with Crippen LogP contribution in [0.25, 0.3) is 0 Å². The van der Waals surface area contributed by atoms with Crippen molar-refractivity contribution in [3.8, 4) is 5.75 Å². The van der Waals surface area contributed by atoms with Crippen molar-refractivity contribution >= 4 is 12.4 Å². The van der Waals surface area contributed by atoms with E-state index in [0.717, 1.165) is 18.8 Å². The summed E-state index contributed by atoms with van der Waals surface area (Å²) in [6.07, 6.45) is 0. The average Bonchev–Trinajstić information content (AvgIpc) is 2.57. The average molecular weight is 326 g/mol. The lowest BCUT2D eigenvalue weighted by Gasteiger charge is -2.22. The summed E-state index contributed by atoms with van der Waals surface area (Å²) in [5.74, 6) is 0.856. The van der Waals surface area contributed by atoms with E-state index in [1.807, 2.05) is 47.5 Å². The number of nitrogens with zero attached hydrogens (tertiary/aromatic N) is 1. The molecule has 118 valence electrons. The molecule has 0 saturated heterocycles. The standard InChI is InChI=1S/C20H19NO.ClH/c1-4-10-18(11-5-1)16-21(17-19-12-6-2-7-13-19)22-20-14-8-3-9-15-20;/h1-15H,16-17H2;1H. The molecule has 0 aliphatic heterocycles. The van der Waals surface area contributed by atoms with Crippen molar-refractivity contribution in [1.29, 1.82) is 0 Å². The number of hydrogen-bond acceptors (Lipinski definition) is 2. The van der Waals surface area contributed by atoms with Crippen LogP contribution in [0.3, 0.4) is 0 Å². The van der Waals surface area contributed by atoms with Crippen LogP contribution >= 0.6 is 12.4 Å². The van der Waals surface area contributed by atoms with E-state index in [-0.39, 0.29) is 12.4 Å². The highest BCUT2D eigenvalue weighted by Gasteiger charge is 2.09. The van der Waals surface area contributed by atoms with Crippen molar-refractivity contribution in [2.45, 2.75) is 13.1 Å². The van der Waals surface area contributed by atoms with Crippen LogP contribution < -0.4 is 4.84 Å². The molecule has 0 aromatic heterocycles. The van der Waals surface area contributed by atoms with Crippen LogP contribution in [-0.2, 0) is 13.1 Å². The number of rotatable bonds is 6. The Morgan fingerprint density at radius 3 is 1.39 bits per heavy atom. The zero-order chi connectivity index (χ0) is 15.0. The Kier molecular flexibility index (Phi) is 6.67. The fourth-order valence-corrected chi connectivity index (χ4v) is 2.32. The lowest BCUT2D eigenvalue weighted by Crippen LogP contribution is -2.26. The zero-order valence-corrected chi connectivity index (χ0v) is 13.7. The summed E-state index contributed by atoms with van der Waals surface area (Å²) in [5, 5.41) is 1.99. The summed E-state index contributed by atoms with van der Waals surface area (Å²) in [6, 6.07) is 30.7. The van der Waals surface area contributed by atoms with Crippen LogP contribution in [0.5, 0.6) is 5.75 Å². The normalized spacial score (nSPS) is 10.1. The predicted octanol–water partition coefficient (Wildman–Crippen LogP) is 5.10. The molecule has 0 N–H and O–H groups in total. The van der Waals surface area contributed by atoms with E-state index in [9.17, 15) is 0 Å². The molecular weight excluding hydrogens is 306 g/mol. The third-order valence-corrected chi connectivity index (χ3v) is 3.38. The zero-order valence-electron chi connectivity index (χ0n) is 12.8. The van der Waals surface area contributed by atoms with Gasteiger partial charge < -0.3 is 4.84 Å². The molecule has 2 nitrogen and oxygen atoms in total. The van der Waals surface area contributed by atoms with E-state index in [2.05, 4.69) is 48.5 Å². The van der Waals surface area contributed by atoms with Gasteiger partial charge in [-0.15, -0.1) is 17.5 Å². The smallest absolute Gasteiger partial charge is 0.147 e. The second kappa shape index (κ2) is 8.99. The Hall–Kier alpha value is -2.29. The molecule has 3 heteroatoms. The van der Waals surface area contributed by atoms with Crippen molar-refractivity contribution in [1.82, 2.24) is 5.06 Å². The molecule has 0 saturated carbocycles. The van der Waals surface area contributed by atoms with Crippen molar-refractivity contribution < 1.29 is 4.84 Å². The van der Waals surface area contributed by atoms with Crippen molar-refractivity contribution in [2.24, 2.45) is 0 Å². The van der Waals surface area contributed by atoms with E-state index in [4.69, 9.17) is 4.84 Å². The van der Waals surface area contributed by atoms with Gasteiger partial charge in [0.2, 0.25) is 0 Å². The van der Waals surface area contributed by atoms with E-state index in [0.29, 0.717) is 0 Å². The molecule has 0 unspecified atom stereocenters. The van der Waals surface area contributed by atoms with Gasteiger partial charge in [-0.05, 0) is 23.3 Å². The molecule has 0 bridgehead atoms. The van der Waals surface area contributed by atoms with Crippen LogP contribution in [0.15, 0.2) is 91.0 Å². The van der Waals surface area contributed by atoms with Gasteiger partial charge in [-0.3, -0.25) is 0 Å². The molecule has 23 heavy (non-hydrogen) atoms. The molecule has 0 atom stereocenters. The third-order valence-electron chi connectivity index (χ3n) is 3.38. The first-order valence-corrected chi connectivity index (χ1v) is 7.46. The van der Waals surface area contributed by atoms with E-state index >= 15 is 0 Å². The summed E-state index contributed by atoms with van der Waals surface area (Å²) in [7, 11) is 0. The summed E-state index contributed by atoms with van der Waals surface area (Å²) in [5.41, 5.74) is 2.46. The van der Waals surface area contributed by atoms with Crippen LogP contribution in [0.1, 0.15) is 11.1 Å². The van der Waals surface area contributed by atoms with E-state index in [1.165, 1.54) is 11.1 Å². The van der Waals surface area contributed by atoms with E-state index < -0.39 is 0 Å². The monoisotopic (exact) mass is 325 g/mol. The topological polar surface area (TPSA) is 12.5 Å². The Balaban J connectivity index is 0.00000192. The number of halogens is 1. The lowest BCUT2D eigenvalue weighted by atomic mass is 10.2. The van der Waals surface area contributed by atoms with Gasteiger partial charge in [0.05, 0.1) is 13.1 Å². The van der Waals surface area contributed by atoms with Crippen LogP contribution in [0.4, 0.5) is 0 Å². The molecule has 0 fully saturated rings. The fourth-order valence-electron chi connectivity index (χ4n) is 2.32. The summed E-state index contributed by atoms with van der Waals surface area (Å²) >= 11 is 0. The SMILES string of the molecule is Cl.c1ccc(CN(Cc2ccccc2)Oc2ccccc2)cc1. The Morgan fingerprint density at radius 2 is 0.957 bits per heavy atom. The Bertz CT molecular complexity index is 575. The molecule has 0 amide bonds. The molecule has 0 spiro atoms. The summed E-state index contributed by atoms with van der Waals surface area (Å²) in [6.45, 7) is 1.48. The molecule has 3 aromatic carbocycles. The third kappa shape index (κ3) is 5.44. The van der Waals surface area contributed by atoms with Crippen molar-refractivity contribution in [3.63, 3.8) is 0 Å². The Morgan fingerprint density at radius 1 is 0.565 bits per heavy atom. The quantitative estimate of drug-likeness (QED) is 0.584. The largest absolute Gasteiger partial charge is 0.405 e. The van der Waals surface area contributed by atoms with Gasteiger partial charge in [-0.1, -0.05) is 78.9 Å². The first kappa shape index (κ1) is 17.1.